The number of carbonyl (C=O) groups is 1. The molecule has 1 aromatic carbocycles. The monoisotopic (exact) mass is 297 g/mol. The van der Waals surface area contributed by atoms with Crippen LogP contribution >= 0.6 is 0 Å². The first-order valence-electron chi connectivity index (χ1n) is 6.16. The average molecular weight is 297 g/mol. The van der Waals surface area contributed by atoms with E-state index in [0.717, 1.165) is 5.56 Å². The fraction of sp³-hybridized carbons (Fsp3) is 0.357. The first-order valence-corrected chi connectivity index (χ1v) is 7.60. The lowest BCUT2D eigenvalue weighted by atomic mass is 10.2. The second kappa shape index (κ2) is 7.21. The fourth-order valence-corrected chi connectivity index (χ4v) is 3.04. The highest BCUT2D eigenvalue weighted by molar-refractivity contribution is 7.89. The number of rotatable bonds is 7. The number of nitrogens with zero attached hydrogens (tertiary/aromatic N) is 1. The molecule has 0 aliphatic rings. The maximum Gasteiger partial charge on any atom is 0.306 e. The molecule has 5 nitrogen and oxygen atoms in total. The molecule has 0 N–H and O–H groups in total. The molecular weight excluding hydrogens is 278 g/mol. The largest absolute Gasteiger partial charge is 0.469 e. The van der Waals surface area contributed by atoms with Crippen LogP contribution in [0.15, 0.2) is 41.8 Å². The molecule has 0 amide bonds. The molecule has 1 rings (SSSR count). The number of hydrogen-bond acceptors (Lipinski definition) is 4. The topological polar surface area (TPSA) is 63.7 Å². The molecule has 0 spiro atoms. The molecule has 20 heavy (non-hydrogen) atoms. The maximum absolute atomic E-state index is 12.5. The molecule has 1 aromatic rings. The molecule has 0 unspecified atom stereocenters. The predicted octanol–water partition coefficient (Wildman–Crippen LogP) is 1.73. The van der Waals surface area contributed by atoms with Crippen molar-refractivity contribution in [2.24, 2.45) is 0 Å². The summed E-state index contributed by atoms with van der Waals surface area (Å²) < 4.78 is 30.7. The Balaban J connectivity index is 2.96. The normalized spacial score (nSPS) is 11.3. The van der Waals surface area contributed by atoms with E-state index < -0.39 is 16.0 Å². The van der Waals surface area contributed by atoms with Crippen LogP contribution in [0.5, 0.6) is 0 Å². The van der Waals surface area contributed by atoms with Crippen LogP contribution in [0.1, 0.15) is 12.0 Å². The van der Waals surface area contributed by atoms with Crippen molar-refractivity contribution in [2.75, 3.05) is 20.2 Å². The third kappa shape index (κ3) is 4.18. The molecule has 0 saturated carbocycles. The Labute approximate surface area is 119 Å². The highest BCUT2D eigenvalue weighted by atomic mass is 32.2. The van der Waals surface area contributed by atoms with Crippen molar-refractivity contribution >= 4 is 16.0 Å². The van der Waals surface area contributed by atoms with Gasteiger partial charge in [-0.05, 0) is 19.1 Å². The van der Waals surface area contributed by atoms with Gasteiger partial charge in [-0.25, -0.2) is 8.42 Å². The molecule has 0 heterocycles. The SMILES string of the molecule is C=CCN(CCC(=O)OC)S(=O)(=O)c1ccc(C)cc1. The summed E-state index contributed by atoms with van der Waals surface area (Å²) in [7, 11) is -2.36. The third-order valence-electron chi connectivity index (χ3n) is 2.78. The van der Waals surface area contributed by atoms with E-state index in [9.17, 15) is 13.2 Å². The van der Waals surface area contributed by atoms with E-state index >= 15 is 0 Å². The van der Waals surface area contributed by atoms with Crippen molar-refractivity contribution in [1.29, 1.82) is 0 Å². The van der Waals surface area contributed by atoms with Crippen molar-refractivity contribution < 1.29 is 17.9 Å². The lowest BCUT2D eigenvalue weighted by Gasteiger charge is -2.20. The van der Waals surface area contributed by atoms with Gasteiger partial charge in [-0.2, -0.15) is 4.31 Å². The van der Waals surface area contributed by atoms with E-state index in [0.29, 0.717) is 0 Å². The Bertz CT molecular complexity index is 563. The summed E-state index contributed by atoms with van der Waals surface area (Å²) >= 11 is 0. The van der Waals surface area contributed by atoms with Crippen molar-refractivity contribution in [1.82, 2.24) is 4.31 Å². The highest BCUT2D eigenvalue weighted by Gasteiger charge is 2.23. The van der Waals surface area contributed by atoms with E-state index in [2.05, 4.69) is 11.3 Å². The molecule has 0 bridgehead atoms. The standard InChI is InChI=1S/C14H19NO4S/c1-4-10-15(11-9-14(16)19-3)20(17,18)13-7-5-12(2)6-8-13/h4-8H,1,9-11H2,2-3H3. The van der Waals surface area contributed by atoms with Crippen LogP contribution in [-0.2, 0) is 19.6 Å². The molecule has 0 fully saturated rings. The Morgan fingerprint density at radius 3 is 2.45 bits per heavy atom. The van der Waals surface area contributed by atoms with Gasteiger partial charge in [0.05, 0.1) is 18.4 Å². The number of ether oxygens (including phenoxy) is 1. The molecular formula is C14H19NO4S. The predicted molar refractivity (Wildman–Crippen MR) is 76.8 cm³/mol. The number of esters is 1. The Hall–Kier alpha value is -1.66. The average Bonchev–Trinajstić information content (AvgIpc) is 2.43. The van der Waals surface area contributed by atoms with E-state index in [-0.39, 0.29) is 24.4 Å². The van der Waals surface area contributed by atoms with Crippen molar-refractivity contribution in [3.63, 3.8) is 0 Å². The van der Waals surface area contributed by atoms with E-state index in [1.165, 1.54) is 17.5 Å². The van der Waals surface area contributed by atoms with E-state index in [4.69, 9.17) is 0 Å². The molecule has 0 aromatic heterocycles. The smallest absolute Gasteiger partial charge is 0.306 e. The molecule has 6 heteroatoms. The first kappa shape index (κ1) is 16.4. The molecule has 110 valence electrons. The van der Waals surface area contributed by atoms with Crippen LogP contribution in [0.4, 0.5) is 0 Å². The van der Waals surface area contributed by atoms with Gasteiger partial charge in [0.1, 0.15) is 0 Å². The highest BCUT2D eigenvalue weighted by Crippen LogP contribution is 2.16. The van der Waals surface area contributed by atoms with Crippen molar-refractivity contribution in [3.05, 3.63) is 42.5 Å². The molecule has 0 atom stereocenters. The van der Waals surface area contributed by atoms with Crippen LogP contribution < -0.4 is 0 Å². The molecule has 0 saturated heterocycles. The van der Waals surface area contributed by atoms with E-state index in [1.807, 2.05) is 6.92 Å². The maximum atomic E-state index is 12.5. The Morgan fingerprint density at radius 2 is 1.95 bits per heavy atom. The van der Waals surface area contributed by atoms with Gasteiger partial charge in [-0.1, -0.05) is 23.8 Å². The van der Waals surface area contributed by atoms with Crippen molar-refractivity contribution in [3.8, 4) is 0 Å². The quantitative estimate of drug-likeness (QED) is 0.568. The number of aryl methyl sites for hydroxylation is 1. The van der Waals surface area contributed by atoms with Gasteiger partial charge in [-0.3, -0.25) is 4.79 Å². The van der Waals surface area contributed by atoms with Gasteiger partial charge in [-0.15, -0.1) is 6.58 Å². The minimum atomic E-state index is -3.63. The summed E-state index contributed by atoms with van der Waals surface area (Å²) in [6, 6.07) is 6.58. The number of sulfonamides is 1. The van der Waals surface area contributed by atoms with E-state index in [1.54, 1.807) is 24.3 Å². The summed E-state index contributed by atoms with van der Waals surface area (Å²) in [6.45, 7) is 5.64. The molecule has 0 aliphatic carbocycles. The summed E-state index contributed by atoms with van der Waals surface area (Å²) in [5.41, 5.74) is 0.980. The lowest BCUT2D eigenvalue weighted by molar-refractivity contribution is -0.140. The number of hydrogen-bond donors (Lipinski definition) is 0. The van der Waals surface area contributed by atoms with Crippen LogP contribution in [0.3, 0.4) is 0 Å². The Kier molecular flexibility index (Phi) is 5.91. The zero-order valence-electron chi connectivity index (χ0n) is 11.7. The number of methoxy groups -OCH3 is 1. The lowest BCUT2D eigenvalue weighted by Crippen LogP contribution is -2.33. The van der Waals surface area contributed by atoms with Gasteiger partial charge in [0.25, 0.3) is 0 Å². The molecule has 0 radical (unpaired) electrons. The van der Waals surface area contributed by atoms with Gasteiger partial charge in [0.15, 0.2) is 0 Å². The summed E-state index contributed by atoms with van der Waals surface area (Å²) in [5.74, 6) is -0.446. The number of carbonyl (C=O) groups excluding carboxylic acids is 1. The number of benzene rings is 1. The fourth-order valence-electron chi connectivity index (χ4n) is 1.63. The van der Waals surface area contributed by atoms with Crippen molar-refractivity contribution in [2.45, 2.75) is 18.2 Å². The van der Waals surface area contributed by atoms with Gasteiger partial charge < -0.3 is 4.74 Å². The third-order valence-corrected chi connectivity index (χ3v) is 4.66. The van der Waals surface area contributed by atoms with Gasteiger partial charge in [0, 0.05) is 13.1 Å². The second-order valence-electron chi connectivity index (χ2n) is 4.29. The first-order chi connectivity index (χ1) is 9.41. The molecule has 0 aliphatic heterocycles. The minimum absolute atomic E-state index is 0.00936. The summed E-state index contributed by atoms with van der Waals surface area (Å²) in [6.07, 6.45) is 1.50. The van der Waals surface area contributed by atoms with Gasteiger partial charge in [0.2, 0.25) is 10.0 Å². The van der Waals surface area contributed by atoms with Crippen LogP contribution in [-0.4, -0.2) is 38.9 Å². The van der Waals surface area contributed by atoms with Crippen LogP contribution in [0, 0.1) is 6.92 Å². The van der Waals surface area contributed by atoms with Crippen LogP contribution in [0.2, 0.25) is 0 Å². The summed E-state index contributed by atoms with van der Waals surface area (Å²) in [5, 5.41) is 0. The summed E-state index contributed by atoms with van der Waals surface area (Å²) in [4.78, 5) is 11.4. The zero-order valence-corrected chi connectivity index (χ0v) is 12.5. The Morgan fingerprint density at radius 1 is 1.35 bits per heavy atom. The minimum Gasteiger partial charge on any atom is -0.469 e. The van der Waals surface area contributed by atoms with Gasteiger partial charge >= 0.3 is 5.97 Å². The van der Waals surface area contributed by atoms with Crippen LogP contribution in [0.25, 0.3) is 0 Å². The zero-order chi connectivity index (χ0) is 15.2. The second-order valence-corrected chi connectivity index (χ2v) is 6.23.